The van der Waals surface area contributed by atoms with Gasteiger partial charge >= 0.3 is 0 Å². The van der Waals surface area contributed by atoms with E-state index in [1.165, 1.54) is 11.1 Å². The number of allylic oxidation sites excluding steroid dienone is 5. The Hall–Kier alpha value is -2.68. The first kappa shape index (κ1) is 12.1. The highest BCUT2D eigenvalue weighted by molar-refractivity contribution is 5.91. The number of aryl methyl sites for hydroxylation is 1. The number of nitrogens with zero attached hydrogens (tertiary/aromatic N) is 2. The van der Waals surface area contributed by atoms with Crippen molar-refractivity contribution in [2.75, 3.05) is 5.73 Å². The maximum absolute atomic E-state index is 5.88. The lowest BCUT2D eigenvalue weighted by molar-refractivity contribution is 0.898. The van der Waals surface area contributed by atoms with Gasteiger partial charge in [0.2, 0.25) is 0 Å². The van der Waals surface area contributed by atoms with Crippen molar-refractivity contribution < 1.29 is 0 Å². The van der Waals surface area contributed by atoms with Crippen molar-refractivity contribution in [3.8, 4) is 0 Å². The van der Waals surface area contributed by atoms with Crippen molar-refractivity contribution in [2.45, 2.75) is 12.3 Å². The van der Waals surface area contributed by atoms with Crippen molar-refractivity contribution in [1.29, 1.82) is 0 Å². The van der Waals surface area contributed by atoms with Crippen molar-refractivity contribution in [2.24, 2.45) is 4.99 Å². The summed E-state index contributed by atoms with van der Waals surface area (Å²) in [5.74, 6) is 0.560. The summed E-state index contributed by atoms with van der Waals surface area (Å²) in [6.07, 6.45) is 12.3. The monoisotopic (exact) mass is 273 g/mol. The molecule has 1 aromatic carbocycles. The average molecular weight is 273 g/mol. The number of aromatic nitrogens is 1. The molecule has 0 bridgehead atoms. The molecule has 0 saturated carbocycles. The summed E-state index contributed by atoms with van der Waals surface area (Å²) < 4.78 is 0. The van der Waals surface area contributed by atoms with E-state index in [2.05, 4.69) is 53.3 Å². The number of anilines is 1. The average Bonchev–Trinajstić information content (AvgIpc) is 2.91. The van der Waals surface area contributed by atoms with Crippen LogP contribution in [0.5, 0.6) is 0 Å². The van der Waals surface area contributed by atoms with Crippen LogP contribution in [0.1, 0.15) is 11.1 Å². The van der Waals surface area contributed by atoms with Gasteiger partial charge in [0, 0.05) is 17.8 Å². The molecule has 4 rings (SSSR count). The van der Waals surface area contributed by atoms with Gasteiger partial charge in [-0.15, -0.1) is 0 Å². The zero-order valence-electron chi connectivity index (χ0n) is 11.7. The molecule has 3 heteroatoms. The number of nitrogens with two attached hydrogens (primary N) is 1. The van der Waals surface area contributed by atoms with E-state index >= 15 is 0 Å². The molecule has 1 aromatic heterocycles. The van der Waals surface area contributed by atoms with Crippen LogP contribution in [0.25, 0.3) is 10.9 Å². The zero-order valence-corrected chi connectivity index (χ0v) is 11.7. The van der Waals surface area contributed by atoms with Crippen LogP contribution in [0.2, 0.25) is 0 Å². The quantitative estimate of drug-likeness (QED) is 0.865. The van der Waals surface area contributed by atoms with E-state index in [1.807, 2.05) is 24.6 Å². The zero-order chi connectivity index (χ0) is 14.4. The lowest BCUT2D eigenvalue weighted by Gasteiger charge is -2.27. The predicted octanol–water partition coefficient (Wildman–Crippen LogP) is 3.46. The van der Waals surface area contributed by atoms with E-state index in [0.717, 1.165) is 16.5 Å². The molecule has 1 aliphatic carbocycles. The van der Waals surface area contributed by atoms with Crippen molar-refractivity contribution in [1.82, 2.24) is 4.98 Å². The van der Waals surface area contributed by atoms with Gasteiger partial charge in [-0.05, 0) is 35.8 Å². The molecule has 102 valence electrons. The number of hydrogen-bond acceptors (Lipinski definition) is 3. The SMILES string of the molecule is Cc1cc(N)nc2cc(C34C=CC=CC3=CN=C4)ccc12. The Bertz CT molecular complexity index is 871. The van der Waals surface area contributed by atoms with Crippen LogP contribution < -0.4 is 5.73 Å². The molecule has 1 aliphatic heterocycles. The van der Waals surface area contributed by atoms with Crippen LogP contribution in [0.15, 0.2) is 65.3 Å². The second-order valence-electron chi connectivity index (χ2n) is 5.55. The Kier molecular flexibility index (Phi) is 2.39. The largest absolute Gasteiger partial charge is 0.384 e. The second kappa shape index (κ2) is 4.16. The van der Waals surface area contributed by atoms with Gasteiger partial charge in [0.15, 0.2) is 0 Å². The number of benzene rings is 1. The Labute approximate surface area is 123 Å². The molecular formula is C18H15N3. The molecular weight excluding hydrogens is 258 g/mol. The highest BCUT2D eigenvalue weighted by Gasteiger charge is 2.34. The maximum atomic E-state index is 5.88. The molecule has 0 radical (unpaired) electrons. The van der Waals surface area contributed by atoms with E-state index < -0.39 is 0 Å². The van der Waals surface area contributed by atoms with Gasteiger partial charge in [-0.3, -0.25) is 4.99 Å². The lowest BCUT2D eigenvalue weighted by Crippen LogP contribution is -2.26. The molecule has 0 saturated heterocycles. The molecule has 21 heavy (non-hydrogen) atoms. The lowest BCUT2D eigenvalue weighted by atomic mass is 9.74. The number of aliphatic imine (C=N–C) groups is 1. The minimum absolute atomic E-state index is 0.261. The number of pyridine rings is 1. The van der Waals surface area contributed by atoms with Gasteiger partial charge in [0.25, 0.3) is 0 Å². The van der Waals surface area contributed by atoms with E-state index in [9.17, 15) is 0 Å². The fourth-order valence-corrected chi connectivity index (χ4v) is 3.13. The Balaban J connectivity index is 1.96. The summed E-state index contributed by atoms with van der Waals surface area (Å²) in [6.45, 7) is 2.06. The molecule has 1 atom stereocenters. The number of hydrogen-bond donors (Lipinski definition) is 1. The van der Waals surface area contributed by atoms with Gasteiger partial charge in [0.05, 0.1) is 10.9 Å². The topological polar surface area (TPSA) is 51.3 Å². The molecule has 0 amide bonds. The summed E-state index contributed by atoms with van der Waals surface area (Å²) >= 11 is 0. The third-order valence-electron chi connectivity index (χ3n) is 4.23. The van der Waals surface area contributed by atoms with E-state index in [-0.39, 0.29) is 5.41 Å². The molecule has 2 aliphatic rings. The summed E-state index contributed by atoms with van der Waals surface area (Å²) in [5, 5.41) is 1.14. The fourth-order valence-electron chi connectivity index (χ4n) is 3.13. The number of fused-ring (bicyclic) bond motifs is 2. The summed E-state index contributed by atoms with van der Waals surface area (Å²) in [4.78, 5) is 8.83. The molecule has 0 spiro atoms. The minimum Gasteiger partial charge on any atom is -0.384 e. The molecule has 2 N–H and O–H groups in total. The third kappa shape index (κ3) is 1.67. The number of rotatable bonds is 1. The minimum atomic E-state index is -0.261. The van der Waals surface area contributed by atoms with E-state index in [0.29, 0.717) is 5.82 Å². The van der Waals surface area contributed by atoms with E-state index in [1.54, 1.807) is 0 Å². The smallest absolute Gasteiger partial charge is 0.124 e. The van der Waals surface area contributed by atoms with Crippen LogP contribution in [0.3, 0.4) is 0 Å². The van der Waals surface area contributed by atoms with Gasteiger partial charge in [-0.25, -0.2) is 4.98 Å². The first-order valence-corrected chi connectivity index (χ1v) is 6.97. The van der Waals surface area contributed by atoms with Crippen LogP contribution in [0.4, 0.5) is 5.82 Å². The van der Waals surface area contributed by atoms with Crippen molar-refractivity contribution >= 4 is 22.9 Å². The maximum Gasteiger partial charge on any atom is 0.124 e. The Morgan fingerprint density at radius 3 is 2.95 bits per heavy atom. The first-order valence-electron chi connectivity index (χ1n) is 6.97. The normalized spacial score (nSPS) is 22.6. The van der Waals surface area contributed by atoms with Gasteiger partial charge in [0.1, 0.15) is 5.82 Å². The van der Waals surface area contributed by atoms with Crippen LogP contribution >= 0.6 is 0 Å². The second-order valence-corrected chi connectivity index (χ2v) is 5.55. The Morgan fingerprint density at radius 1 is 1.14 bits per heavy atom. The summed E-state index contributed by atoms with van der Waals surface area (Å²) in [6, 6.07) is 8.30. The first-order chi connectivity index (χ1) is 10.2. The fraction of sp³-hybridized carbons (Fsp3) is 0.111. The summed E-state index contributed by atoms with van der Waals surface area (Å²) in [5.41, 5.74) is 10.1. The predicted molar refractivity (Wildman–Crippen MR) is 87.4 cm³/mol. The van der Waals surface area contributed by atoms with E-state index in [4.69, 9.17) is 5.73 Å². The Morgan fingerprint density at radius 2 is 2.05 bits per heavy atom. The molecule has 1 unspecified atom stereocenters. The van der Waals surface area contributed by atoms with Crippen LogP contribution in [-0.4, -0.2) is 11.2 Å². The summed E-state index contributed by atoms with van der Waals surface area (Å²) in [7, 11) is 0. The number of nitrogen functional groups attached to an aromatic ring is 1. The van der Waals surface area contributed by atoms with Crippen molar-refractivity contribution in [3.63, 3.8) is 0 Å². The molecule has 2 heterocycles. The molecule has 0 fully saturated rings. The van der Waals surface area contributed by atoms with Crippen LogP contribution in [0, 0.1) is 6.92 Å². The highest BCUT2D eigenvalue weighted by atomic mass is 14.8. The molecule has 3 nitrogen and oxygen atoms in total. The van der Waals surface area contributed by atoms with Gasteiger partial charge in [-0.2, -0.15) is 0 Å². The van der Waals surface area contributed by atoms with Crippen LogP contribution in [-0.2, 0) is 5.41 Å². The van der Waals surface area contributed by atoms with Gasteiger partial charge in [-0.1, -0.05) is 36.4 Å². The third-order valence-corrected chi connectivity index (χ3v) is 4.23. The standard InChI is InChI=1S/C18H15N3/c1-12-8-17(19)21-16-9-13(5-6-15(12)16)18-7-3-2-4-14(18)10-20-11-18/h2-11H,1H3,(H2,19,21). The highest BCUT2D eigenvalue weighted by Crippen LogP contribution is 2.39. The molecule has 2 aromatic rings. The van der Waals surface area contributed by atoms with Gasteiger partial charge < -0.3 is 5.73 Å². The van der Waals surface area contributed by atoms with Crippen molar-refractivity contribution in [3.05, 3.63) is 71.5 Å².